The highest BCUT2D eigenvalue weighted by Gasteiger charge is 2.10. The van der Waals surface area contributed by atoms with Gasteiger partial charge in [-0.15, -0.1) is 11.3 Å². The van der Waals surface area contributed by atoms with Gasteiger partial charge in [0.1, 0.15) is 0 Å². The predicted molar refractivity (Wildman–Crippen MR) is 67.8 cm³/mol. The number of rotatable bonds is 8. The molecule has 0 aliphatic heterocycles. The van der Waals surface area contributed by atoms with Gasteiger partial charge in [0, 0.05) is 24.6 Å². The van der Waals surface area contributed by atoms with Gasteiger partial charge in [-0.05, 0) is 20.3 Å². The number of carbonyl (C=O) groups is 1. The maximum absolute atomic E-state index is 10.6. The Morgan fingerprint density at radius 2 is 2.35 bits per heavy atom. The number of aliphatic carboxylic acids is 1. The molecule has 17 heavy (non-hydrogen) atoms. The highest BCUT2D eigenvalue weighted by atomic mass is 32.1. The van der Waals surface area contributed by atoms with Crippen molar-refractivity contribution in [3.8, 4) is 0 Å². The van der Waals surface area contributed by atoms with Crippen molar-refractivity contribution in [3.05, 3.63) is 10.6 Å². The first-order valence-corrected chi connectivity index (χ1v) is 6.44. The number of carboxylic acids is 1. The molecule has 6 heteroatoms. The van der Waals surface area contributed by atoms with Crippen LogP contribution in [0.25, 0.3) is 0 Å². The smallest absolute Gasteiger partial charge is 0.309 e. The lowest BCUT2D eigenvalue weighted by Gasteiger charge is -2.02. The Morgan fingerprint density at radius 1 is 1.59 bits per heavy atom. The highest BCUT2D eigenvalue weighted by molar-refractivity contribution is 7.15. The molecule has 1 rings (SSSR count). The average Bonchev–Trinajstić information content (AvgIpc) is 2.58. The van der Waals surface area contributed by atoms with Gasteiger partial charge in [0.15, 0.2) is 5.13 Å². The summed E-state index contributed by atoms with van der Waals surface area (Å²) in [6.45, 7) is 6.12. The lowest BCUT2D eigenvalue weighted by atomic mass is 10.3. The van der Waals surface area contributed by atoms with E-state index in [1.807, 2.05) is 13.8 Å². The number of nitrogens with zero attached hydrogens (tertiary/aromatic N) is 1. The number of ether oxygens (including phenoxy) is 1. The molecule has 1 aromatic rings. The van der Waals surface area contributed by atoms with Gasteiger partial charge in [-0.25, -0.2) is 4.98 Å². The van der Waals surface area contributed by atoms with Crippen molar-refractivity contribution < 1.29 is 14.6 Å². The minimum absolute atomic E-state index is 0.0110. The molecule has 5 nitrogen and oxygen atoms in total. The van der Waals surface area contributed by atoms with Crippen molar-refractivity contribution in [1.82, 2.24) is 4.98 Å². The van der Waals surface area contributed by atoms with E-state index in [2.05, 4.69) is 10.3 Å². The summed E-state index contributed by atoms with van der Waals surface area (Å²) in [5.74, 6) is -0.846. The largest absolute Gasteiger partial charge is 0.481 e. The van der Waals surface area contributed by atoms with Gasteiger partial charge in [-0.1, -0.05) is 0 Å². The number of aryl methyl sites for hydroxylation is 1. The SMILES string of the molecule is CCOCCCNc1nc(CC(=O)O)c(C)s1. The summed E-state index contributed by atoms with van der Waals surface area (Å²) < 4.78 is 5.22. The Kier molecular flexibility index (Phi) is 5.93. The Balaban J connectivity index is 2.36. The lowest BCUT2D eigenvalue weighted by molar-refractivity contribution is -0.136. The quantitative estimate of drug-likeness (QED) is 0.697. The molecule has 0 saturated heterocycles. The van der Waals surface area contributed by atoms with Gasteiger partial charge < -0.3 is 15.2 Å². The second-order valence-corrected chi connectivity index (χ2v) is 4.77. The Morgan fingerprint density at radius 3 is 3.00 bits per heavy atom. The van der Waals surface area contributed by atoms with Crippen LogP contribution >= 0.6 is 11.3 Å². The Labute approximate surface area is 105 Å². The summed E-state index contributed by atoms with van der Waals surface area (Å²) in [6.07, 6.45) is 0.906. The van der Waals surface area contributed by atoms with Crippen molar-refractivity contribution in [2.45, 2.75) is 26.7 Å². The minimum Gasteiger partial charge on any atom is -0.481 e. The molecule has 96 valence electrons. The molecular formula is C11H18N2O3S. The second kappa shape index (κ2) is 7.24. The molecule has 0 bridgehead atoms. The van der Waals surface area contributed by atoms with E-state index < -0.39 is 5.97 Å². The minimum atomic E-state index is -0.846. The monoisotopic (exact) mass is 258 g/mol. The third-order valence-electron chi connectivity index (χ3n) is 2.16. The summed E-state index contributed by atoms with van der Waals surface area (Å²) in [5, 5.41) is 12.7. The summed E-state index contributed by atoms with van der Waals surface area (Å²) in [5.41, 5.74) is 0.648. The summed E-state index contributed by atoms with van der Waals surface area (Å²) in [7, 11) is 0. The van der Waals surface area contributed by atoms with E-state index >= 15 is 0 Å². The zero-order chi connectivity index (χ0) is 12.7. The van der Waals surface area contributed by atoms with E-state index in [-0.39, 0.29) is 6.42 Å². The zero-order valence-corrected chi connectivity index (χ0v) is 11.0. The van der Waals surface area contributed by atoms with Gasteiger partial charge in [0.25, 0.3) is 0 Å². The maximum atomic E-state index is 10.6. The first kappa shape index (κ1) is 13.9. The van der Waals surface area contributed by atoms with Crippen LogP contribution in [0, 0.1) is 6.92 Å². The highest BCUT2D eigenvalue weighted by Crippen LogP contribution is 2.22. The van der Waals surface area contributed by atoms with Crippen LogP contribution in [0.4, 0.5) is 5.13 Å². The molecule has 0 amide bonds. The molecule has 0 radical (unpaired) electrons. The fourth-order valence-electron chi connectivity index (χ4n) is 1.32. The van der Waals surface area contributed by atoms with Crippen LogP contribution < -0.4 is 5.32 Å². The van der Waals surface area contributed by atoms with Crippen LogP contribution in [0.2, 0.25) is 0 Å². The molecule has 1 heterocycles. The fourth-order valence-corrected chi connectivity index (χ4v) is 2.18. The van der Waals surface area contributed by atoms with Crippen LogP contribution in [0.3, 0.4) is 0 Å². The first-order valence-electron chi connectivity index (χ1n) is 5.63. The standard InChI is InChI=1S/C11H18N2O3S/c1-3-16-6-4-5-12-11-13-9(7-10(14)15)8(2)17-11/h3-7H2,1-2H3,(H,12,13)(H,14,15). The number of nitrogens with one attached hydrogen (secondary N) is 1. The van der Waals surface area contributed by atoms with Crippen LogP contribution in [-0.2, 0) is 16.0 Å². The topological polar surface area (TPSA) is 71.5 Å². The molecular weight excluding hydrogens is 240 g/mol. The van der Waals surface area contributed by atoms with Crippen molar-refractivity contribution in [3.63, 3.8) is 0 Å². The summed E-state index contributed by atoms with van der Waals surface area (Å²) >= 11 is 1.49. The third kappa shape index (κ3) is 5.14. The van der Waals surface area contributed by atoms with Crippen LogP contribution in [0.5, 0.6) is 0 Å². The van der Waals surface area contributed by atoms with E-state index in [0.29, 0.717) is 5.69 Å². The molecule has 2 N–H and O–H groups in total. The maximum Gasteiger partial charge on any atom is 0.309 e. The van der Waals surface area contributed by atoms with Crippen molar-refractivity contribution >= 4 is 22.4 Å². The molecule has 1 aromatic heterocycles. The fraction of sp³-hybridized carbons (Fsp3) is 0.636. The molecule has 0 unspecified atom stereocenters. The van der Waals surface area contributed by atoms with E-state index in [1.165, 1.54) is 11.3 Å². The van der Waals surface area contributed by atoms with Crippen LogP contribution in [-0.4, -0.2) is 35.8 Å². The summed E-state index contributed by atoms with van der Waals surface area (Å²) in [4.78, 5) is 15.8. The number of anilines is 1. The van der Waals surface area contributed by atoms with Crippen LogP contribution in [0.1, 0.15) is 23.9 Å². The molecule has 0 saturated carbocycles. The zero-order valence-electron chi connectivity index (χ0n) is 10.2. The molecule has 0 aliphatic rings. The number of thiazole rings is 1. The lowest BCUT2D eigenvalue weighted by Crippen LogP contribution is -2.06. The molecule has 0 spiro atoms. The Hall–Kier alpha value is -1.14. The second-order valence-electron chi connectivity index (χ2n) is 3.57. The average molecular weight is 258 g/mol. The van der Waals surface area contributed by atoms with E-state index in [9.17, 15) is 4.79 Å². The van der Waals surface area contributed by atoms with Gasteiger partial charge in [-0.3, -0.25) is 4.79 Å². The first-order chi connectivity index (χ1) is 8.13. The van der Waals surface area contributed by atoms with Gasteiger partial charge >= 0.3 is 5.97 Å². The number of aromatic nitrogens is 1. The van der Waals surface area contributed by atoms with Gasteiger partial charge in [0.05, 0.1) is 12.1 Å². The predicted octanol–water partition coefficient (Wildman–Crippen LogP) is 1.92. The number of hydrogen-bond acceptors (Lipinski definition) is 5. The van der Waals surface area contributed by atoms with E-state index in [1.54, 1.807) is 0 Å². The molecule has 0 aliphatic carbocycles. The molecule has 0 atom stereocenters. The van der Waals surface area contributed by atoms with Crippen molar-refractivity contribution in [2.75, 3.05) is 25.1 Å². The molecule has 0 fully saturated rings. The number of carboxylic acid groups (broad SMARTS) is 1. The van der Waals surface area contributed by atoms with Gasteiger partial charge in [-0.2, -0.15) is 0 Å². The van der Waals surface area contributed by atoms with Crippen molar-refractivity contribution in [1.29, 1.82) is 0 Å². The summed E-state index contributed by atoms with van der Waals surface area (Å²) in [6, 6.07) is 0. The van der Waals surface area contributed by atoms with Crippen molar-refractivity contribution in [2.24, 2.45) is 0 Å². The van der Waals surface area contributed by atoms with E-state index in [4.69, 9.17) is 9.84 Å². The Bertz CT molecular complexity index is 366. The molecule has 0 aromatic carbocycles. The van der Waals surface area contributed by atoms with Crippen LogP contribution in [0.15, 0.2) is 0 Å². The number of hydrogen-bond donors (Lipinski definition) is 2. The normalized spacial score (nSPS) is 10.5. The van der Waals surface area contributed by atoms with Gasteiger partial charge in [0.2, 0.25) is 0 Å². The van der Waals surface area contributed by atoms with E-state index in [0.717, 1.165) is 36.2 Å². The third-order valence-corrected chi connectivity index (χ3v) is 3.13.